The summed E-state index contributed by atoms with van der Waals surface area (Å²) in [5, 5.41) is 16.5. The molecule has 110 valence electrons. The lowest BCUT2D eigenvalue weighted by Crippen LogP contribution is -2.22. The first-order valence-electron chi connectivity index (χ1n) is 5.38. The van der Waals surface area contributed by atoms with Gasteiger partial charge in [0.2, 0.25) is 11.8 Å². The SMILES string of the molecule is NC(=O)CCC=O.O=C(O)O.O=C1CCCOCN1. The van der Waals surface area contributed by atoms with Gasteiger partial charge >= 0.3 is 6.16 Å². The van der Waals surface area contributed by atoms with E-state index in [0.29, 0.717) is 26.0 Å². The molecule has 0 saturated carbocycles. The van der Waals surface area contributed by atoms with Crippen molar-refractivity contribution >= 4 is 24.3 Å². The van der Waals surface area contributed by atoms with Crippen LogP contribution in [0.5, 0.6) is 0 Å². The van der Waals surface area contributed by atoms with E-state index in [0.717, 1.165) is 6.42 Å². The molecule has 0 aromatic heterocycles. The third-order valence-electron chi connectivity index (χ3n) is 1.57. The van der Waals surface area contributed by atoms with Crippen LogP contribution in [-0.2, 0) is 19.1 Å². The first-order chi connectivity index (χ1) is 8.90. The molecule has 0 unspecified atom stereocenters. The Morgan fingerprint density at radius 3 is 2.42 bits per heavy atom. The molecule has 0 aromatic carbocycles. The van der Waals surface area contributed by atoms with E-state index in [1.807, 2.05) is 0 Å². The van der Waals surface area contributed by atoms with Gasteiger partial charge in [-0.1, -0.05) is 0 Å². The minimum Gasteiger partial charge on any atom is -0.450 e. The molecule has 1 aliphatic heterocycles. The number of nitrogens with two attached hydrogens (primary N) is 1. The maximum atomic E-state index is 10.5. The number of rotatable bonds is 3. The van der Waals surface area contributed by atoms with Crippen molar-refractivity contribution in [2.45, 2.75) is 25.7 Å². The molecule has 0 radical (unpaired) electrons. The lowest BCUT2D eigenvalue weighted by atomic mass is 10.3. The average molecular weight is 278 g/mol. The maximum absolute atomic E-state index is 10.5. The molecule has 1 aliphatic rings. The summed E-state index contributed by atoms with van der Waals surface area (Å²) in [6.45, 7) is 1.09. The Labute approximate surface area is 109 Å². The Morgan fingerprint density at radius 1 is 1.42 bits per heavy atom. The van der Waals surface area contributed by atoms with Gasteiger partial charge in [0, 0.05) is 25.9 Å². The highest BCUT2D eigenvalue weighted by Gasteiger charge is 2.03. The number of carboxylic acid groups (broad SMARTS) is 2. The molecule has 0 aromatic rings. The molecule has 9 heteroatoms. The molecule has 19 heavy (non-hydrogen) atoms. The van der Waals surface area contributed by atoms with Crippen molar-refractivity contribution in [1.29, 1.82) is 0 Å². The van der Waals surface area contributed by atoms with Crippen molar-refractivity contribution in [1.82, 2.24) is 5.32 Å². The highest BCUT2D eigenvalue weighted by atomic mass is 16.6. The fourth-order valence-corrected chi connectivity index (χ4v) is 0.828. The lowest BCUT2D eigenvalue weighted by Gasteiger charge is -1.95. The fraction of sp³-hybridized carbons (Fsp3) is 0.600. The van der Waals surface area contributed by atoms with Gasteiger partial charge in [0.15, 0.2) is 0 Å². The summed E-state index contributed by atoms with van der Waals surface area (Å²) >= 11 is 0. The molecular weight excluding hydrogens is 260 g/mol. The van der Waals surface area contributed by atoms with Gasteiger partial charge in [0.1, 0.15) is 13.0 Å². The first kappa shape index (κ1) is 19.2. The highest BCUT2D eigenvalue weighted by molar-refractivity contribution is 5.76. The Balaban J connectivity index is 0. The number of amides is 2. The number of hydrogen-bond acceptors (Lipinski definition) is 5. The lowest BCUT2D eigenvalue weighted by molar-refractivity contribution is -0.121. The second-order valence-corrected chi connectivity index (χ2v) is 3.21. The number of ether oxygens (including phenoxy) is 1. The van der Waals surface area contributed by atoms with Gasteiger partial charge in [-0.25, -0.2) is 4.79 Å². The molecule has 0 aliphatic carbocycles. The minimum atomic E-state index is -1.83. The molecule has 0 bridgehead atoms. The predicted molar refractivity (Wildman–Crippen MR) is 63.3 cm³/mol. The Bertz CT molecular complexity index is 280. The fourth-order valence-electron chi connectivity index (χ4n) is 0.828. The molecule has 1 rings (SSSR count). The quantitative estimate of drug-likeness (QED) is 0.509. The molecule has 1 fully saturated rings. The van der Waals surface area contributed by atoms with Crippen molar-refractivity contribution in [3.05, 3.63) is 0 Å². The zero-order valence-corrected chi connectivity index (χ0v) is 10.3. The van der Waals surface area contributed by atoms with E-state index in [9.17, 15) is 14.4 Å². The van der Waals surface area contributed by atoms with E-state index >= 15 is 0 Å². The topological polar surface area (TPSA) is 156 Å². The van der Waals surface area contributed by atoms with Crippen LogP contribution in [0.2, 0.25) is 0 Å². The van der Waals surface area contributed by atoms with Crippen LogP contribution in [0.4, 0.5) is 4.79 Å². The second-order valence-electron chi connectivity index (χ2n) is 3.21. The van der Waals surface area contributed by atoms with Crippen LogP contribution >= 0.6 is 0 Å². The van der Waals surface area contributed by atoms with Crippen molar-refractivity contribution in [2.75, 3.05) is 13.3 Å². The van der Waals surface area contributed by atoms with Crippen LogP contribution in [0.15, 0.2) is 0 Å². The van der Waals surface area contributed by atoms with Crippen LogP contribution in [0.1, 0.15) is 25.7 Å². The summed E-state index contributed by atoms with van der Waals surface area (Å²) < 4.78 is 4.93. The van der Waals surface area contributed by atoms with Gasteiger partial charge in [0.05, 0.1) is 0 Å². The van der Waals surface area contributed by atoms with Crippen LogP contribution in [0.3, 0.4) is 0 Å². The molecule has 0 spiro atoms. The number of aldehydes is 1. The normalized spacial score (nSPS) is 13.4. The largest absolute Gasteiger partial charge is 0.503 e. The molecule has 1 saturated heterocycles. The third-order valence-corrected chi connectivity index (χ3v) is 1.57. The van der Waals surface area contributed by atoms with Crippen LogP contribution in [0, 0.1) is 0 Å². The molecule has 9 nitrogen and oxygen atoms in total. The average Bonchev–Trinajstić information content (AvgIpc) is 2.54. The van der Waals surface area contributed by atoms with Crippen molar-refractivity contribution in [3.63, 3.8) is 0 Å². The molecule has 1 heterocycles. The number of carbonyl (C=O) groups is 4. The summed E-state index contributed by atoms with van der Waals surface area (Å²) in [5.41, 5.74) is 4.68. The number of carbonyl (C=O) groups excluding carboxylic acids is 3. The van der Waals surface area contributed by atoms with Gasteiger partial charge in [0.25, 0.3) is 0 Å². The van der Waals surface area contributed by atoms with E-state index in [1.54, 1.807) is 0 Å². The Hall–Kier alpha value is -2.16. The van der Waals surface area contributed by atoms with Gasteiger partial charge in [-0.2, -0.15) is 0 Å². The molecular formula is C10H18N2O7. The Morgan fingerprint density at radius 2 is 2.00 bits per heavy atom. The number of hydrogen-bond donors (Lipinski definition) is 4. The molecule has 5 N–H and O–H groups in total. The van der Waals surface area contributed by atoms with Crippen LogP contribution in [0.25, 0.3) is 0 Å². The van der Waals surface area contributed by atoms with Gasteiger partial charge in [-0.3, -0.25) is 9.59 Å². The summed E-state index contributed by atoms with van der Waals surface area (Å²) in [6.07, 6.45) is 0.718. The van der Waals surface area contributed by atoms with E-state index in [1.165, 1.54) is 0 Å². The molecule has 2 amide bonds. The second kappa shape index (κ2) is 13.9. The standard InChI is InChI=1S/C5H9NO2.C4H7NO2.CH2O3/c7-5-2-1-3-8-4-6-5;5-4(7)2-1-3-6;2-1(3)4/h1-4H2,(H,6,7);3H,1-2H2,(H2,5,7);(H2,2,3,4). The van der Waals surface area contributed by atoms with Crippen molar-refractivity contribution in [2.24, 2.45) is 5.73 Å². The number of primary amides is 1. The monoisotopic (exact) mass is 278 g/mol. The molecule has 0 atom stereocenters. The van der Waals surface area contributed by atoms with Gasteiger partial charge < -0.3 is 30.8 Å². The van der Waals surface area contributed by atoms with Gasteiger partial charge in [-0.05, 0) is 6.42 Å². The third kappa shape index (κ3) is 25.8. The zero-order valence-electron chi connectivity index (χ0n) is 10.3. The van der Waals surface area contributed by atoms with E-state index in [4.69, 9.17) is 19.7 Å². The minimum absolute atomic E-state index is 0.0995. The zero-order chi connectivity index (χ0) is 15.1. The summed E-state index contributed by atoms with van der Waals surface area (Å²) in [5.74, 6) is -0.324. The summed E-state index contributed by atoms with van der Waals surface area (Å²) in [7, 11) is 0. The van der Waals surface area contributed by atoms with Crippen LogP contribution in [-0.4, -0.2) is 47.8 Å². The van der Waals surface area contributed by atoms with E-state index in [-0.39, 0.29) is 18.7 Å². The summed E-state index contributed by atoms with van der Waals surface area (Å²) in [4.78, 5) is 38.4. The van der Waals surface area contributed by atoms with Crippen molar-refractivity contribution in [3.8, 4) is 0 Å². The Kier molecular flexibility index (Phi) is 14.0. The maximum Gasteiger partial charge on any atom is 0.503 e. The highest BCUT2D eigenvalue weighted by Crippen LogP contribution is 1.93. The number of nitrogens with one attached hydrogen (secondary N) is 1. The smallest absolute Gasteiger partial charge is 0.450 e. The van der Waals surface area contributed by atoms with Gasteiger partial charge in [-0.15, -0.1) is 0 Å². The van der Waals surface area contributed by atoms with E-state index < -0.39 is 12.1 Å². The first-order valence-corrected chi connectivity index (χ1v) is 5.38. The van der Waals surface area contributed by atoms with E-state index in [2.05, 4.69) is 11.1 Å². The summed E-state index contributed by atoms with van der Waals surface area (Å²) in [6, 6.07) is 0. The predicted octanol–water partition coefficient (Wildman–Crippen LogP) is -0.456. The van der Waals surface area contributed by atoms with Crippen molar-refractivity contribution < 1.29 is 34.1 Å². The van der Waals surface area contributed by atoms with Crippen LogP contribution < -0.4 is 11.1 Å².